The van der Waals surface area contributed by atoms with E-state index < -0.39 is 29.8 Å². The molecule has 0 saturated heterocycles. The Labute approximate surface area is 141 Å². The number of aromatic nitrogens is 1. The van der Waals surface area contributed by atoms with Crippen LogP contribution >= 0.6 is 0 Å². The first kappa shape index (κ1) is 17.1. The number of hydrogen-bond acceptors (Lipinski definition) is 3. The highest BCUT2D eigenvalue weighted by Crippen LogP contribution is 2.31. The van der Waals surface area contributed by atoms with E-state index in [1.54, 1.807) is 6.07 Å². The fourth-order valence-corrected chi connectivity index (χ4v) is 2.71. The van der Waals surface area contributed by atoms with Crippen LogP contribution in [0.2, 0.25) is 0 Å². The molecule has 1 aromatic carbocycles. The van der Waals surface area contributed by atoms with Crippen LogP contribution in [0.5, 0.6) is 5.75 Å². The van der Waals surface area contributed by atoms with Crippen LogP contribution in [0.4, 0.5) is 13.2 Å². The van der Waals surface area contributed by atoms with Crippen molar-refractivity contribution in [3.05, 3.63) is 64.1 Å². The van der Waals surface area contributed by atoms with Gasteiger partial charge in [0.2, 0.25) is 5.91 Å². The third-order valence-corrected chi connectivity index (χ3v) is 3.92. The fourth-order valence-electron chi connectivity index (χ4n) is 2.71. The van der Waals surface area contributed by atoms with Gasteiger partial charge in [0.05, 0.1) is 18.2 Å². The molecule has 0 aliphatic carbocycles. The minimum atomic E-state index is -4.58. The molecule has 0 unspecified atom stereocenters. The number of carbonyl (C=O) groups is 1. The summed E-state index contributed by atoms with van der Waals surface area (Å²) in [6, 6.07) is 8.42. The molecule has 3 rings (SSSR count). The lowest BCUT2D eigenvalue weighted by molar-refractivity contribution is -0.138. The molecule has 2 aromatic rings. The van der Waals surface area contributed by atoms with Gasteiger partial charge in [-0.15, -0.1) is 0 Å². The van der Waals surface area contributed by atoms with E-state index in [-0.39, 0.29) is 6.04 Å². The number of nitrogens with one attached hydrogen (secondary N) is 1. The average molecular weight is 352 g/mol. The van der Waals surface area contributed by atoms with E-state index in [0.29, 0.717) is 31.0 Å². The Morgan fingerprint density at radius 1 is 1.24 bits per heavy atom. The van der Waals surface area contributed by atoms with Gasteiger partial charge in [-0.25, -0.2) is 0 Å². The van der Waals surface area contributed by atoms with Gasteiger partial charge in [0.15, 0.2) is 0 Å². The van der Waals surface area contributed by atoms with E-state index in [1.807, 2.05) is 18.2 Å². The number of ether oxygens (including phenoxy) is 1. The second kappa shape index (κ2) is 6.62. The first-order valence-corrected chi connectivity index (χ1v) is 7.63. The summed E-state index contributed by atoms with van der Waals surface area (Å²) in [5.41, 5.74) is -0.842. The number of pyridine rings is 1. The fraction of sp³-hybridized carbons (Fsp3) is 0.294. The average Bonchev–Trinajstić information content (AvgIpc) is 2.56. The molecule has 1 aliphatic rings. The van der Waals surface area contributed by atoms with Gasteiger partial charge in [-0.3, -0.25) is 9.59 Å². The maximum atomic E-state index is 12.7. The first-order chi connectivity index (χ1) is 11.8. The predicted molar refractivity (Wildman–Crippen MR) is 83.1 cm³/mol. The van der Waals surface area contributed by atoms with Crippen molar-refractivity contribution >= 4 is 5.91 Å². The van der Waals surface area contributed by atoms with Crippen molar-refractivity contribution in [3.8, 4) is 5.75 Å². The Hall–Kier alpha value is -2.77. The number of alkyl halides is 3. The van der Waals surface area contributed by atoms with Gasteiger partial charge in [0.1, 0.15) is 12.3 Å². The molecule has 1 amide bonds. The lowest BCUT2D eigenvalue weighted by atomic mass is 10.0. The Kier molecular flexibility index (Phi) is 4.52. The second-order valence-corrected chi connectivity index (χ2v) is 5.68. The zero-order valence-corrected chi connectivity index (χ0v) is 13.0. The molecular weight excluding hydrogens is 337 g/mol. The second-order valence-electron chi connectivity index (χ2n) is 5.68. The summed E-state index contributed by atoms with van der Waals surface area (Å²) >= 11 is 0. The number of amides is 1. The molecule has 0 bridgehead atoms. The number of benzene rings is 1. The molecule has 1 aromatic heterocycles. The summed E-state index contributed by atoms with van der Waals surface area (Å²) in [4.78, 5) is 23.9. The summed E-state index contributed by atoms with van der Waals surface area (Å²) in [7, 11) is 0. The number of carbonyl (C=O) groups excluding carboxylic acids is 1. The van der Waals surface area contributed by atoms with Crippen LogP contribution < -0.4 is 15.6 Å². The maximum absolute atomic E-state index is 12.7. The molecule has 0 spiro atoms. The lowest BCUT2D eigenvalue weighted by Crippen LogP contribution is -2.36. The van der Waals surface area contributed by atoms with E-state index in [9.17, 15) is 22.8 Å². The van der Waals surface area contributed by atoms with Crippen molar-refractivity contribution in [2.24, 2.45) is 0 Å². The molecule has 132 valence electrons. The van der Waals surface area contributed by atoms with Crippen LogP contribution in [0.3, 0.4) is 0 Å². The van der Waals surface area contributed by atoms with Gasteiger partial charge >= 0.3 is 6.18 Å². The van der Waals surface area contributed by atoms with Crippen molar-refractivity contribution in [1.29, 1.82) is 0 Å². The number of para-hydroxylation sites is 1. The van der Waals surface area contributed by atoms with Crippen LogP contribution in [-0.4, -0.2) is 17.1 Å². The smallest absolute Gasteiger partial charge is 0.417 e. The minimum Gasteiger partial charge on any atom is -0.493 e. The highest BCUT2D eigenvalue weighted by molar-refractivity contribution is 5.76. The maximum Gasteiger partial charge on any atom is 0.417 e. The molecule has 2 heterocycles. The molecule has 1 N–H and O–H groups in total. The zero-order valence-electron chi connectivity index (χ0n) is 13.0. The standard InChI is InChI=1S/C17H15F3N2O3/c18-17(19,20)11-5-6-16(24)22(9-11)10-15(23)21-13-7-8-25-14-4-2-1-3-12(13)14/h1-6,9,13H,7-8,10H2,(H,21,23)/t13-/m0/s1. The quantitative estimate of drug-likeness (QED) is 0.923. The van der Waals surface area contributed by atoms with E-state index >= 15 is 0 Å². The lowest BCUT2D eigenvalue weighted by Gasteiger charge is -2.26. The van der Waals surface area contributed by atoms with Crippen molar-refractivity contribution < 1.29 is 22.7 Å². The number of hydrogen-bond donors (Lipinski definition) is 1. The Balaban J connectivity index is 1.75. The summed E-state index contributed by atoms with van der Waals surface area (Å²) in [5.74, 6) is 0.124. The van der Waals surface area contributed by atoms with Gasteiger partial charge in [-0.1, -0.05) is 18.2 Å². The number of nitrogens with zero attached hydrogens (tertiary/aromatic N) is 1. The topological polar surface area (TPSA) is 60.3 Å². The molecule has 8 heteroatoms. The van der Waals surface area contributed by atoms with Gasteiger partial charge < -0.3 is 14.6 Å². The Morgan fingerprint density at radius 3 is 2.76 bits per heavy atom. The van der Waals surface area contributed by atoms with E-state index in [0.717, 1.165) is 16.2 Å². The van der Waals surface area contributed by atoms with Crippen LogP contribution in [0.1, 0.15) is 23.6 Å². The SMILES string of the molecule is O=C(Cn1cc(C(F)(F)F)ccc1=O)N[C@H]1CCOc2ccccc21. The number of fused-ring (bicyclic) bond motifs is 1. The van der Waals surface area contributed by atoms with Crippen LogP contribution in [0, 0.1) is 0 Å². The highest BCUT2D eigenvalue weighted by atomic mass is 19.4. The molecule has 25 heavy (non-hydrogen) atoms. The minimum absolute atomic E-state index is 0.307. The van der Waals surface area contributed by atoms with Gasteiger partial charge in [-0.2, -0.15) is 13.2 Å². The van der Waals surface area contributed by atoms with E-state index in [4.69, 9.17) is 4.74 Å². The van der Waals surface area contributed by atoms with Crippen molar-refractivity contribution in [2.75, 3.05) is 6.61 Å². The van der Waals surface area contributed by atoms with E-state index in [2.05, 4.69) is 5.32 Å². The van der Waals surface area contributed by atoms with Gasteiger partial charge in [0, 0.05) is 24.2 Å². The molecule has 0 saturated carbocycles. The van der Waals surface area contributed by atoms with Crippen molar-refractivity contribution in [2.45, 2.75) is 25.2 Å². The first-order valence-electron chi connectivity index (χ1n) is 7.63. The van der Waals surface area contributed by atoms with Crippen molar-refractivity contribution in [1.82, 2.24) is 9.88 Å². The van der Waals surface area contributed by atoms with Crippen LogP contribution in [0.25, 0.3) is 0 Å². The van der Waals surface area contributed by atoms with Crippen LogP contribution in [-0.2, 0) is 17.5 Å². The molecular formula is C17H15F3N2O3. The number of halogens is 3. The third-order valence-electron chi connectivity index (χ3n) is 3.92. The number of rotatable bonds is 3. The largest absolute Gasteiger partial charge is 0.493 e. The third kappa shape index (κ3) is 3.84. The highest BCUT2D eigenvalue weighted by Gasteiger charge is 2.31. The summed E-state index contributed by atoms with van der Waals surface area (Å²) in [6.07, 6.45) is -3.38. The Morgan fingerprint density at radius 2 is 2.00 bits per heavy atom. The van der Waals surface area contributed by atoms with Crippen LogP contribution in [0.15, 0.2) is 47.4 Å². The summed E-state index contributed by atoms with van der Waals surface area (Å²) in [6.45, 7) is -0.0618. The molecule has 1 atom stereocenters. The molecule has 5 nitrogen and oxygen atoms in total. The predicted octanol–water partition coefficient (Wildman–Crippen LogP) is 2.51. The van der Waals surface area contributed by atoms with E-state index in [1.165, 1.54) is 0 Å². The van der Waals surface area contributed by atoms with Gasteiger partial charge in [0.25, 0.3) is 5.56 Å². The monoisotopic (exact) mass is 352 g/mol. The molecule has 0 fully saturated rings. The molecule has 1 aliphatic heterocycles. The summed E-state index contributed by atoms with van der Waals surface area (Å²) < 4.78 is 44.5. The zero-order chi connectivity index (χ0) is 18.0. The van der Waals surface area contributed by atoms with Crippen molar-refractivity contribution in [3.63, 3.8) is 0 Å². The normalized spacial score (nSPS) is 16.7. The van der Waals surface area contributed by atoms with Gasteiger partial charge in [-0.05, 0) is 12.1 Å². The Bertz CT molecular complexity index is 846. The summed E-state index contributed by atoms with van der Waals surface area (Å²) in [5, 5.41) is 2.75. The molecule has 0 radical (unpaired) electrons.